The molecule has 0 saturated carbocycles. The van der Waals surface area contributed by atoms with E-state index in [0.29, 0.717) is 17.7 Å². The van der Waals surface area contributed by atoms with Crippen molar-refractivity contribution in [3.8, 4) is 11.4 Å². The first-order chi connectivity index (χ1) is 9.28. The van der Waals surface area contributed by atoms with Crippen LogP contribution >= 0.6 is 0 Å². The van der Waals surface area contributed by atoms with E-state index in [2.05, 4.69) is 44.0 Å². The lowest BCUT2D eigenvalue weighted by Gasteiger charge is -2.19. The van der Waals surface area contributed by atoms with Crippen molar-refractivity contribution < 1.29 is 0 Å². The van der Waals surface area contributed by atoms with Gasteiger partial charge in [0, 0.05) is 38.1 Å². The molecule has 2 heterocycles. The van der Waals surface area contributed by atoms with Crippen LogP contribution in [0.4, 0.5) is 11.9 Å². The monoisotopic (exact) mass is 258 g/mol. The first-order valence-electron chi connectivity index (χ1n) is 6.37. The van der Waals surface area contributed by atoms with Crippen LogP contribution in [0.15, 0.2) is 24.5 Å². The lowest BCUT2D eigenvalue weighted by Crippen LogP contribution is -2.25. The van der Waals surface area contributed by atoms with Gasteiger partial charge in [-0.15, -0.1) is 0 Å². The van der Waals surface area contributed by atoms with E-state index in [1.165, 1.54) is 0 Å². The van der Waals surface area contributed by atoms with Crippen molar-refractivity contribution >= 4 is 11.9 Å². The molecule has 0 atom stereocenters. The molecule has 0 aliphatic rings. The highest BCUT2D eigenvalue weighted by Crippen LogP contribution is 2.18. The van der Waals surface area contributed by atoms with Crippen molar-refractivity contribution in [1.82, 2.24) is 19.9 Å². The van der Waals surface area contributed by atoms with Crippen LogP contribution < -0.4 is 10.2 Å². The number of rotatable bonds is 5. The quantitative estimate of drug-likeness (QED) is 0.882. The highest BCUT2D eigenvalue weighted by molar-refractivity contribution is 5.56. The van der Waals surface area contributed by atoms with E-state index in [0.717, 1.165) is 18.7 Å². The van der Waals surface area contributed by atoms with Crippen molar-refractivity contribution in [2.24, 2.45) is 0 Å². The summed E-state index contributed by atoms with van der Waals surface area (Å²) in [5, 5.41) is 2.97. The van der Waals surface area contributed by atoms with Gasteiger partial charge in [0.2, 0.25) is 11.9 Å². The van der Waals surface area contributed by atoms with Crippen LogP contribution in [0.3, 0.4) is 0 Å². The number of pyridine rings is 1. The summed E-state index contributed by atoms with van der Waals surface area (Å²) in [6.07, 6.45) is 3.48. The van der Waals surface area contributed by atoms with Crippen LogP contribution in [-0.2, 0) is 0 Å². The third-order valence-electron chi connectivity index (χ3n) is 2.81. The zero-order chi connectivity index (χ0) is 13.7. The molecule has 1 N–H and O–H groups in total. The van der Waals surface area contributed by atoms with Gasteiger partial charge >= 0.3 is 0 Å². The van der Waals surface area contributed by atoms with Crippen LogP contribution in [0.1, 0.15) is 13.8 Å². The Morgan fingerprint density at radius 3 is 2.53 bits per heavy atom. The van der Waals surface area contributed by atoms with Gasteiger partial charge in [-0.1, -0.05) is 0 Å². The van der Waals surface area contributed by atoms with Gasteiger partial charge < -0.3 is 10.2 Å². The molecular formula is C13H18N6. The van der Waals surface area contributed by atoms with Crippen LogP contribution in [0.5, 0.6) is 0 Å². The third kappa shape index (κ3) is 2.96. The highest BCUT2D eigenvalue weighted by atomic mass is 15.3. The number of aromatic nitrogens is 4. The van der Waals surface area contributed by atoms with E-state index in [1.807, 2.05) is 12.1 Å². The summed E-state index contributed by atoms with van der Waals surface area (Å²) in [4.78, 5) is 19.5. The fourth-order valence-electron chi connectivity index (χ4n) is 1.75. The average molecular weight is 258 g/mol. The normalized spacial score (nSPS) is 10.3. The highest BCUT2D eigenvalue weighted by Gasteiger charge is 2.11. The molecule has 2 aromatic heterocycles. The van der Waals surface area contributed by atoms with Crippen LogP contribution in [0.2, 0.25) is 0 Å². The van der Waals surface area contributed by atoms with Gasteiger partial charge in [-0.25, -0.2) is 0 Å². The summed E-state index contributed by atoms with van der Waals surface area (Å²) < 4.78 is 0. The minimum absolute atomic E-state index is 0.566. The molecule has 0 spiro atoms. The number of hydrogen-bond acceptors (Lipinski definition) is 6. The van der Waals surface area contributed by atoms with E-state index in [-0.39, 0.29) is 0 Å². The Morgan fingerprint density at radius 2 is 1.95 bits per heavy atom. The molecule has 19 heavy (non-hydrogen) atoms. The SMILES string of the molecule is CCN(CC)c1nc(NC)nc(-c2cccnc2)n1. The Kier molecular flexibility index (Phi) is 4.22. The molecule has 100 valence electrons. The second-order valence-corrected chi connectivity index (χ2v) is 3.95. The molecule has 0 bridgehead atoms. The molecule has 6 heteroatoms. The molecule has 0 saturated heterocycles. The van der Waals surface area contributed by atoms with Crippen molar-refractivity contribution in [2.75, 3.05) is 30.4 Å². The number of nitrogens with zero attached hydrogens (tertiary/aromatic N) is 5. The summed E-state index contributed by atoms with van der Waals surface area (Å²) in [5.74, 6) is 1.88. The summed E-state index contributed by atoms with van der Waals surface area (Å²) in [7, 11) is 1.80. The van der Waals surface area contributed by atoms with Gasteiger partial charge in [-0.3, -0.25) is 4.98 Å². The zero-order valence-corrected chi connectivity index (χ0v) is 11.5. The summed E-state index contributed by atoms with van der Waals surface area (Å²) in [6, 6.07) is 3.81. The second kappa shape index (κ2) is 6.08. The molecule has 0 amide bonds. The largest absolute Gasteiger partial charge is 0.357 e. The van der Waals surface area contributed by atoms with Gasteiger partial charge in [0.1, 0.15) is 0 Å². The van der Waals surface area contributed by atoms with Gasteiger partial charge in [0.15, 0.2) is 5.82 Å². The van der Waals surface area contributed by atoms with Crippen molar-refractivity contribution in [3.63, 3.8) is 0 Å². The molecule has 0 radical (unpaired) electrons. The van der Waals surface area contributed by atoms with Gasteiger partial charge in [0.05, 0.1) is 0 Å². The Balaban J connectivity index is 2.47. The predicted molar refractivity (Wildman–Crippen MR) is 76.2 cm³/mol. The van der Waals surface area contributed by atoms with Crippen molar-refractivity contribution in [1.29, 1.82) is 0 Å². The van der Waals surface area contributed by atoms with E-state index < -0.39 is 0 Å². The molecule has 0 aliphatic heterocycles. The first-order valence-corrected chi connectivity index (χ1v) is 6.37. The third-order valence-corrected chi connectivity index (χ3v) is 2.81. The minimum atomic E-state index is 0.566. The Hall–Kier alpha value is -2.24. The van der Waals surface area contributed by atoms with Crippen molar-refractivity contribution in [2.45, 2.75) is 13.8 Å². The Bertz CT molecular complexity index is 524. The lowest BCUT2D eigenvalue weighted by atomic mass is 10.3. The van der Waals surface area contributed by atoms with Gasteiger partial charge in [-0.05, 0) is 26.0 Å². The van der Waals surface area contributed by atoms with Gasteiger partial charge in [0.25, 0.3) is 0 Å². The molecule has 0 aromatic carbocycles. The Morgan fingerprint density at radius 1 is 1.16 bits per heavy atom. The van der Waals surface area contributed by atoms with Crippen molar-refractivity contribution in [3.05, 3.63) is 24.5 Å². The van der Waals surface area contributed by atoms with E-state index in [4.69, 9.17) is 0 Å². The number of nitrogens with one attached hydrogen (secondary N) is 1. The Labute approximate surface area is 113 Å². The molecule has 0 fully saturated rings. The molecule has 0 unspecified atom stereocenters. The fraction of sp³-hybridized carbons (Fsp3) is 0.385. The molecule has 0 aliphatic carbocycles. The van der Waals surface area contributed by atoms with Crippen LogP contribution in [-0.4, -0.2) is 40.1 Å². The van der Waals surface area contributed by atoms with E-state index in [9.17, 15) is 0 Å². The predicted octanol–water partition coefficient (Wildman–Crippen LogP) is 1.82. The summed E-state index contributed by atoms with van der Waals surface area (Å²) in [6.45, 7) is 5.87. The molecular weight excluding hydrogens is 240 g/mol. The average Bonchev–Trinajstić information content (AvgIpc) is 2.49. The van der Waals surface area contributed by atoms with Gasteiger partial charge in [-0.2, -0.15) is 15.0 Å². The standard InChI is InChI=1S/C13H18N6/c1-4-19(5-2)13-17-11(16-12(14-3)18-13)10-7-6-8-15-9-10/h6-9H,4-5H2,1-3H3,(H,14,16,17,18). The molecule has 6 nitrogen and oxygen atoms in total. The van der Waals surface area contributed by atoms with E-state index in [1.54, 1.807) is 19.4 Å². The van der Waals surface area contributed by atoms with Crippen LogP contribution in [0, 0.1) is 0 Å². The van der Waals surface area contributed by atoms with E-state index >= 15 is 0 Å². The maximum Gasteiger partial charge on any atom is 0.230 e. The molecule has 2 rings (SSSR count). The first kappa shape index (κ1) is 13.2. The molecule has 2 aromatic rings. The maximum atomic E-state index is 4.52. The summed E-state index contributed by atoms with van der Waals surface area (Å²) in [5.41, 5.74) is 0.884. The second-order valence-electron chi connectivity index (χ2n) is 3.95. The summed E-state index contributed by atoms with van der Waals surface area (Å²) >= 11 is 0. The van der Waals surface area contributed by atoms with Crippen LogP contribution in [0.25, 0.3) is 11.4 Å². The fourth-order valence-corrected chi connectivity index (χ4v) is 1.75. The number of anilines is 2. The lowest BCUT2D eigenvalue weighted by molar-refractivity contribution is 0.815. The smallest absolute Gasteiger partial charge is 0.230 e. The topological polar surface area (TPSA) is 66.8 Å². The maximum absolute atomic E-state index is 4.52. The number of hydrogen-bond donors (Lipinski definition) is 1. The minimum Gasteiger partial charge on any atom is -0.357 e. The zero-order valence-electron chi connectivity index (χ0n) is 11.5.